The zero-order valence-electron chi connectivity index (χ0n) is 6.44. The second-order valence-corrected chi connectivity index (χ2v) is 4.29. The van der Waals surface area contributed by atoms with Gasteiger partial charge in [-0.15, -0.1) is 22.9 Å². The van der Waals surface area contributed by atoms with Gasteiger partial charge in [0.1, 0.15) is 0 Å². The topological polar surface area (TPSA) is 0 Å². The normalized spacial score (nSPS) is 9.17. The predicted molar refractivity (Wildman–Crippen MR) is 56.2 cm³/mol. The van der Waals surface area contributed by atoms with Crippen molar-refractivity contribution < 1.29 is 0 Å². The Labute approximate surface area is 86.5 Å². The Morgan fingerprint density at radius 2 is 2.25 bits per heavy atom. The van der Waals surface area contributed by atoms with E-state index in [1.54, 1.807) is 0 Å². The maximum Gasteiger partial charge on any atom is 0.0941 e. The van der Waals surface area contributed by atoms with Crippen LogP contribution in [0.3, 0.4) is 0 Å². The zero-order chi connectivity index (χ0) is 8.81. The zero-order valence-corrected chi connectivity index (χ0v) is 8.77. The van der Waals surface area contributed by atoms with Crippen molar-refractivity contribution in [3.63, 3.8) is 0 Å². The molecule has 0 spiro atoms. The lowest BCUT2D eigenvalue weighted by Gasteiger charge is -1.81. The average Bonchev–Trinajstić information content (AvgIpc) is 2.45. The molecule has 0 nitrogen and oxygen atoms in total. The molecule has 0 aliphatic rings. The van der Waals surface area contributed by atoms with E-state index in [4.69, 9.17) is 23.2 Å². The monoisotopic (exact) mass is 218 g/mol. The van der Waals surface area contributed by atoms with Crippen LogP contribution in [0.15, 0.2) is 12.1 Å². The summed E-state index contributed by atoms with van der Waals surface area (Å²) in [6.07, 6.45) is 1.81. The van der Waals surface area contributed by atoms with Crippen LogP contribution in [0.25, 0.3) is 0 Å². The Balaban J connectivity index is 2.43. The molecule has 0 saturated carbocycles. The third kappa shape index (κ3) is 3.49. The quantitative estimate of drug-likeness (QED) is 0.403. The van der Waals surface area contributed by atoms with Crippen molar-refractivity contribution in [2.45, 2.75) is 12.8 Å². The first kappa shape index (κ1) is 9.92. The summed E-state index contributed by atoms with van der Waals surface area (Å²) >= 11 is 12.7. The first-order chi connectivity index (χ1) is 5.83. The Morgan fingerprint density at radius 1 is 1.42 bits per heavy atom. The number of thiophene rings is 1. The van der Waals surface area contributed by atoms with Crippen molar-refractivity contribution >= 4 is 34.5 Å². The van der Waals surface area contributed by atoms with E-state index in [0.29, 0.717) is 5.88 Å². The minimum atomic E-state index is 0.680. The van der Waals surface area contributed by atoms with Crippen LogP contribution in [-0.2, 0) is 0 Å². The summed E-state index contributed by atoms with van der Waals surface area (Å²) in [5.41, 5.74) is 0. The van der Waals surface area contributed by atoms with Gasteiger partial charge < -0.3 is 0 Å². The highest BCUT2D eigenvalue weighted by atomic mass is 35.5. The fraction of sp³-hybridized carbons (Fsp3) is 0.333. The van der Waals surface area contributed by atoms with Crippen LogP contribution >= 0.6 is 34.5 Å². The standard InChI is InChI=1S/C9H8Cl2S/c10-7-3-1-2-4-8-5-6-9(11)12-8/h5-6H,1,3,7H2. The molecule has 1 aromatic rings. The number of halogens is 2. The van der Waals surface area contributed by atoms with Crippen LogP contribution in [0.1, 0.15) is 17.7 Å². The van der Waals surface area contributed by atoms with E-state index < -0.39 is 0 Å². The van der Waals surface area contributed by atoms with Crippen molar-refractivity contribution in [3.8, 4) is 11.8 Å². The maximum atomic E-state index is 5.73. The van der Waals surface area contributed by atoms with Gasteiger partial charge in [-0.1, -0.05) is 23.4 Å². The van der Waals surface area contributed by atoms with Gasteiger partial charge in [0.25, 0.3) is 0 Å². The Kier molecular flexibility index (Phi) is 4.53. The van der Waals surface area contributed by atoms with Gasteiger partial charge in [-0.2, -0.15) is 0 Å². The third-order valence-corrected chi connectivity index (χ3v) is 2.63. The lowest BCUT2D eigenvalue weighted by molar-refractivity contribution is 0.991. The summed E-state index contributed by atoms with van der Waals surface area (Å²) in [6, 6.07) is 3.79. The number of hydrogen-bond acceptors (Lipinski definition) is 1. The van der Waals surface area contributed by atoms with Crippen LogP contribution in [0.4, 0.5) is 0 Å². The molecule has 64 valence electrons. The molecule has 0 bridgehead atoms. The molecule has 1 rings (SSSR count). The summed E-state index contributed by atoms with van der Waals surface area (Å²) in [4.78, 5) is 1.02. The second-order valence-electron chi connectivity index (χ2n) is 2.20. The smallest absolute Gasteiger partial charge is 0.0941 e. The summed E-state index contributed by atoms with van der Waals surface area (Å²) in [5, 5.41) is 0. The number of rotatable bonds is 2. The van der Waals surface area contributed by atoms with Crippen LogP contribution in [0.5, 0.6) is 0 Å². The number of alkyl halides is 1. The molecule has 3 heteroatoms. The van der Waals surface area contributed by atoms with Crippen LogP contribution in [0.2, 0.25) is 4.34 Å². The molecule has 0 radical (unpaired) electrons. The molecule has 0 saturated heterocycles. The summed E-state index contributed by atoms with van der Waals surface area (Å²) < 4.78 is 0.789. The largest absolute Gasteiger partial charge is 0.127 e. The van der Waals surface area contributed by atoms with Crippen molar-refractivity contribution in [3.05, 3.63) is 21.3 Å². The molecule has 1 aromatic heterocycles. The molecule has 0 amide bonds. The van der Waals surface area contributed by atoms with Gasteiger partial charge in [-0.3, -0.25) is 0 Å². The molecule has 0 fully saturated rings. The lowest BCUT2D eigenvalue weighted by Crippen LogP contribution is -1.71. The minimum Gasteiger partial charge on any atom is -0.127 e. The van der Waals surface area contributed by atoms with E-state index in [9.17, 15) is 0 Å². The SMILES string of the molecule is ClCCCC#Cc1ccc(Cl)s1. The molecule has 0 aromatic carbocycles. The highest BCUT2D eigenvalue weighted by molar-refractivity contribution is 7.16. The average molecular weight is 219 g/mol. The van der Waals surface area contributed by atoms with Crippen molar-refractivity contribution in [2.75, 3.05) is 5.88 Å². The van der Waals surface area contributed by atoms with Gasteiger partial charge in [0.2, 0.25) is 0 Å². The fourth-order valence-electron chi connectivity index (χ4n) is 0.686. The van der Waals surface area contributed by atoms with Crippen LogP contribution in [0, 0.1) is 11.8 Å². The van der Waals surface area contributed by atoms with Crippen LogP contribution < -0.4 is 0 Å². The van der Waals surface area contributed by atoms with E-state index >= 15 is 0 Å². The van der Waals surface area contributed by atoms with E-state index in [2.05, 4.69) is 11.8 Å². The molecule has 0 aliphatic carbocycles. The van der Waals surface area contributed by atoms with Gasteiger partial charge in [0.05, 0.1) is 9.21 Å². The first-order valence-corrected chi connectivity index (χ1v) is 5.36. The van der Waals surface area contributed by atoms with E-state index in [0.717, 1.165) is 22.1 Å². The van der Waals surface area contributed by atoms with Gasteiger partial charge in [0.15, 0.2) is 0 Å². The maximum absolute atomic E-state index is 5.73. The van der Waals surface area contributed by atoms with E-state index in [1.807, 2.05) is 12.1 Å². The van der Waals surface area contributed by atoms with Gasteiger partial charge in [-0.25, -0.2) is 0 Å². The molecule has 0 N–H and O–H groups in total. The van der Waals surface area contributed by atoms with Gasteiger partial charge in [-0.05, 0) is 18.6 Å². The summed E-state index contributed by atoms with van der Waals surface area (Å²) in [5.74, 6) is 6.74. The van der Waals surface area contributed by atoms with E-state index in [-0.39, 0.29) is 0 Å². The molecule has 12 heavy (non-hydrogen) atoms. The first-order valence-electron chi connectivity index (χ1n) is 3.63. The fourth-order valence-corrected chi connectivity index (χ4v) is 1.74. The van der Waals surface area contributed by atoms with Crippen LogP contribution in [-0.4, -0.2) is 5.88 Å². The molecular weight excluding hydrogens is 211 g/mol. The number of hydrogen-bond donors (Lipinski definition) is 0. The molecule has 1 heterocycles. The summed E-state index contributed by atoms with van der Waals surface area (Å²) in [7, 11) is 0. The third-order valence-electron chi connectivity index (χ3n) is 1.22. The lowest BCUT2D eigenvalue weighted by atomic mass is 10.3. The molecule has 0 aliphatic heterocycles. The minimum absolute atomic E-state index is 0.680. The Hall–Kier alpha value is -0.160. The Morgan fingerprint density at radius 3 is 2.83 bits per heavy atom. The Bertz CT molecular complexity index is 293. The highest BCUT2D eigenvalue weighted by Gasteiger charge is 1.91. The second kappa shape index (κ2) is 5.48. The van der Waals surface area contributed by atoms with E-state index in [1.165, 1.54) is 11.3 Å². The van der Waals surface area contributed by atoms with Gasteiger partial charge in [0, 0.05) is 12.3 Å². The molecular formula is C9H8Cl2S. The highest BCUT2D eigenvalue weighted by Crippen LogP contribution is 2.20. The molecule has 0 unspecified atom stereocenters. The summed E-state index contributed by atoms with van der Waals surface area (Å²) in [6.45, 7) is 0. The van der Waals surface area contributed by atoms with Crippen molar-refractivity contribution in [1.82, 2.24) is 0 Å². The van der Waals surface area contributed by atoms with Crippen molar-refractivity contribution in [2.24, 2.45) is 0 Å². The predicted octanol–water partition coefficient (Wildman–Crippen LogP) is 3.77. The van der Waals surface area contributed by atoms with Gasteiger partial charge >= 0.3 is 0 Å². The molecule has 0 atom stereocenters. The van der Waals surface area contributed by atoms with Crippen molar-refractivity contribution in [1.29, 1.82) is 0 Å². The number of unbranched alkanes of at least 4 members (excludes halogenated alkanes) is 1.